The van der Waals surface area contributed by atoms with E-state index < -0.39 is 0 Å². The molecule has 3 fully saturated rings. The largest absolute Gasteiger partial charge is 0.491 e. The third kappa shape index (κ3) is 3.50. The van der Waals surface area contributed by atoms with Gasteiger partial charge in [-0.2, -0.15) is 0 Å². The summed E-state index contributed by atoms with van der Waals surface area (Å²) in [7, 11) is 0. The third-order valence-corrected chi connectivity index (χ3v) is 7.84. The Bertz CT molecular complexity index is 866. The minimum atomic E-state index is 0.0494. The van der Waals surface area contributed by atoms with E-state index in [2.05, 4.69) is 30.3 Å². The first kappa shape index (κ1) is 19.9. The van der Waals surface area contributed by atoms with Gasteiger partial charge in [-0.05, 0) is 84.5 Å². The minimum Gasteiger partial charge on any atom is -0.491 e. The molecule has 0 aliphatic heterocycles. The first-order valence-corrected chi connectivity index (χ1v) is 11.4. The van der Waals surface area contributed by atoms with E-state index in [-0.39, 0.29) is 13.2 Å². The number of ether oxygens (including phenoxy) is 2. The number of benzene rings is 2. The smallest absolute Gasteiger partial charge is 0.122 e. The lowest BCUT2D eigenvalue weighted by molar-refractivity contribution is 0.194. The van der Waals surface area contributed by atoms with Crippen LogP contribution in [0.5, 0.6) is 11.5 Å². The van der Waals surface area contributed by atoms with Crippen molar-refractivity contribution in [2.75, 3.05) is 26.4 Å². The molecule has 30 heavy (non-hydrogen) atoms. The average molecular weight is 409 g/mol. The van der Waals surface area contributed by atoms with Crippen LogP contribution in [-0.2, 0) is 0 Å². The molecular formula is C26H32O4. The predicted octanol–water partition coefficient (Wildman–Crippen LogP) is 4.36. The number of hydrogen-bond acceptors (Lipinski definition) is 4. The zero-order chi connectivity index (χ0) is 20.5. The Labute approximate surface area is 178 Å². The minimum absolute atomic E-state index is 0.0494. The lowest BCUT2D eigenvalue weighted by Crippen LogP contribution is -2.23. The molecule has 2 aromatic carbocycles. The highest BCUT2D eigenvalue weighted by molar-refractivity contribution is 5.40. The maximum atomic E-state index is 9.18. The second kappa shape index (κ2) is 8.60. The zero-order valence-corrected chi connectivity index (χ0v) is 17.5. The summed E-state index contributed by atoms with van der Waals surface area (Å²) in [5.41, 5.74) is 2.66. The van der Waals surface area contributed by atoms with Gasteiger partial charge in [0, 0.05) is 0 Å². The molecule has 6 atom stereocenters. The van der Waals surface area contributed by atoms with Crippen molar-refractivity contribution < 1.29 is 19.7 Å². The predicted molar refractivity (Wildman–Crippen MR) is 116 cm³/mol. The summed E-state index contributed by atoms with van der Waals surface area (Å²) in [6.07, 6.45) is 5.12. The number of para-hydroxylation sites is 2. The van der Waals surface area contributed by atoms with E-state index in [1.165, 1.54) is 36.8 Å². The summed E-state index contributed by atoms with van der Waals surface area (Å²) < 4.78 is 11.7. The summed E-state index contributed by atoms with van der Waals surface area (Å²) in [6, 6.07) is 16.8. The van der Waals surface area contributed by atoms with Crippen molar-refractivity contribution >= 4 is 0 Å². The molecule has 0 spiro atoms. The summed E-state index contributed by atoms with van der Waals surface area (Å²) in [5, 5.41) is 18.3. The highest BCUT2D eigenvalue weighted by Gasteiger charge is 2.56. The van der Waals surface area contributed by atoms with E-state index in [1.54, 1.807) is 0 Å². The fourth-order valence-corrected chi connectivity index (χ4v) is 6.86. The molecule has 3 aliphatic carbocycles. The molecule has 2 N–H and O–H groups in total. The Morgan fingerprint density at radius 1 is 0.667 bits per heavy atom. The zero-order valence-electron chi connectivity index (χ0n) is 17.5. The van der Waals surface area contributed by atoms with Crippen molar-refractivity contribution in [3.8, 4) is 11.5 Å². The maximum Gasteiger partial charge on any atom is 0.122 e. The molecule has 6 unspecified atom stereocenters. The van der Waals surface area contributed by atoms with Crippen LogP contribution >= 0.6 is 0 Å². The summed E-state index contributed by atoms with van der Waals surface area (Å²) in [5.74, 6) is 6.18. The monoisotopic (exact) mass is 408 g/mol. The van der Waals surface area contributed by atoms with Crippen LogP contribution in [0.1, 0.15) is 48.6 Å². The standard InChI is InChI=1S/C26H32O4/c27-9-11-29-25-7-3-1-5-19(25)17-13-21-18-15-22(24(16-18)23(21)14-17)20-6-2-4-8-26(20)30-12-10-28/h1-8,17-18,21-24,27-28H,9-16H2. The van der Waals surface area contributed by atoms with Gasteiger partial charge in [0.25, 0.3) is 0 Å². The Morgan fingerprint density at radius 3 is 1.97 bits per heavy atom. The molecule has 0 saturated heterocycles. The van der Waals surface area contributed by atoms with Crippen LogP contribution in [0.25, 0.3) is 0 Å². The molecule has 160 valence electrons. The average Bonchev–Trinajstić information content (AvgIpc) is 3.48. The second-order valence-electron chi connectivity index (χ2n) is 9.22. The lowest BCUT2D eigenvalue weighted by Gasteiger charge is -2.32. The van der Waals surface area contributed by atoms with E-state index in [0.29, 0.717) is 25.0 Å². The van der Waals surface area contributed by atoms with Gasteiger partial charge >= 0.3 is 0 Å². The van der Waals surface area contributed by atoms with Gasteiger partial charge in [0.1, 0.15) is 24.7 Å². The molecule has 0 radical (unpaired) electrons. The molecular weight excluding hydrogens is 376 g/mol. The van der Waals surface area contributed by atoms with E-state index in [1.807, 2.05) is 18.2 Å². The van der Waals surface area contributed by atoms with Crippen molar-refractivity contribution in [1.82, 2.24) is 0 Å². The molecule has 4 nitrogen and oxygen atoms in total. The SMILES string of the molecule is OCCOc1ccccc1C1CC2C3CC(c4ccccc4OCCO)C(C3)C2C1. The number of hydrogen-bond donors (Lipinski definition) is 2. The fraction of sp³-hybridized carbons (Fsp3) is 0.538. The number of aliphatic hydroxyl groups excluding tert-OH is 2. The number of fused-ring (bicyclic) bond motifs is 5. The van der Waals surface area contributed by atoms with Crippen LogP contribution in [0.3, 0.4) is 0 Å². The van der Waals surface area contributed by atoms with Gasteiger partial charge in [-0.3, -0.25) is 0 Å². The van der Waals surface area contributed by atoms with Crippen molar-refractivity contribution in [2.45, 2.75) is 37.5 Å². The van der Waals surface area contributed by atoms with Crippen LogP contribution in [0.4, 0.5) is 0 Å². The quantitative estimate of drug-likeness (QED) is 0.681. The highest BCUT2D eigenvalue weighted by atomic mass is 16.5. The maximum absolute atomic E-state index is 9.18. The van der Waals surface area contributed by atoms with Gasteiger partial charge in [-0.1, -0.05) is 36.4 Å². The van der Waals surface area contributed by atoms with E-state index in [9.17, 15) is 5.11 Å². The van der Waals surface area contributed by atoms with Gasteiger partial charge in [0.2, 0.25) is 0 Å². The normalized spacial score (nSPS) is 31.7. The van der Waals surface area contributed by atoms with Gasteiger partial charge in [0.05, 0.1) is 13.2 Å². The Balaban J connectivity index is 1.35. The molecule has 4 heteroatoms. The lowest BCUT2D eigenvalue weighted by atomic mass is 9.73. The third-order valence-electron chi connectivity index (χ3n) is 7.84. The molecule has 0 amide bonds. The molecule has 3 saturated carbocycles. The van der Waals surface area contributed by atoms with E-state index in [4.69, 9.17) is 14.6 Å². The van der Waals surface area contributed by atoms with Crippen LogP contribution < -0.4 is 9.47 Å². The summed E-state index contributed by atoms with van der Waals surface area (Å²) in [4.78, 5) is 0. The Hall–Kier alpha value is -2.04. The number of rotatable bonds is 8. The molecule has 3 aliphatic rings. The fourth-order valence-electron chi connectivity index (χ4n) is 6.86. The molecule has 2 bridgehead atoms. The van der Waals surface area contributed by atoms with Crippen molar-refractivity contribution in [2.24, 2.45) is 23.7 Å². The molecule has 0 heterocycles. The highest BCUT2D eigenvalue weighted by Crippen LogP contribution is 2.66. The van der Waals surface area contributed by atoms with Crippen LogP contribution in [0.15, 0.2) is 48.5 Å². The van der Waals surface area contributed by atoms with Crippen molar-refractivity contribution in [3.05, 3.63) is 59.7 Å². The van der Waals surface area contributed by atoms with Gasteiger partial charge in [-0.15, -0.1) is 0 Å². The topological polar surface area (TPSA) is 58.9 Å². The van der Waals surface area contributed by atoms with Gasteiger partial charge in [-0.25, -0.2) is 0 Å². The van der Waals surface area contributed by atoms with Crippen LogP contribution in [-0.4, -0.2) is 36.6 Å². The van der Waals surface area contributed by atoms with Crippen molar-refractivity contribution in [3.63, 3.8) is 0 Å². The van der Waals surface area contributed by atoms with Gasteiger partial charge in [0.15, 0.2) is 0 Å². The van der Waals surface area contributed by atoms with Crippen molar-refractivity contribution in [1.29, 1.82) is 0 Å². The van der Waals surface area contributed by atoms with Crippen LogP contribution in [0.2, 0.25) is 0 Å². The molecule has 0 aromatic heterocycles. The van der Waals surface area contributed by atoms with Gasteiger partial charge < -0.3 is 19.7 Å². The van der Waals surface area contributed by atoms with E-state index >= 15 is 0 Å². The first-order chi connectivity index (χ1) is 14.8. The first-order valence-electron chi connectivity index (χ1n) is 11.4. The summed E-state index contributed by atoms with van der Waals surface area (Å²) >= 11 is 0. The Kier molecular flexibility index (Phi) is 5.70. The summed E-state index contributed by atoms with van der Waals surface area (Å²) in [6.45, 7) is 0.814. The van der Waals surface area contributed by atoms with E-state index in [0.717, 1.165) is 35.2 Å². The number of aliphatic hydroxyl groups is 2. The Morgan fingerprint density at radius 2 is 1.27 bits per heavy atom. The molecule has 2 aromatic rings. The van der Waals surface area contributed by atoms with Crippen LogP contribution in [0, 0.1) is 23.7 Å². The molecule has 5 rings (SSSR count). The second-order valence-corrected chi connectivity index (χ2v) is 9.22.